The van der Waals surface area contributed by atoms with Gasteiger partial charge in [-0.15, -0.1) is 0 Å². The molecule has 0 unspecified atom stereocenters. The fourth-order valence-electron chi connectivity index (χ4n) is 2.54. The largest absolute Gasteiger partial charge is 0.478 e. The molecule has 3 heterocycles. The molecule has 0 aromatic carbocycles. The van der Waals surface area contributed by atoms with Crippen LogP contribution in [0.3, 0.4) is 0 Å². The van der Waals surface area contributed by atoms with E-state index in [1.165, 1.54) is 18.2 Å². The highest BCUT2D eigenvalue weighted by Gasteiger charge is 2.18. The maximum Gasteiger partial charge on any atom is 0.280 e. The summed E-state index contributed by atoms with van der Waals surface area (Å²) in [5, 5.41) is 0. The molecule has 0 aliphatic heterocycles. The van der Waals surface area contributed by atoms with Gasteiger partial charge in [-0.3, -0.25) is 9.20 Å². The molecule has 0 aliphatic rings. The summed E-state index contributed by atoms with van der Waals surface area (Å²) in [6.45, 7) is 4.18. The van der Waals surface area contributed by atoms with Gasteiger partial charge in [0.15, 0.2) is 5.78 Å². The van der Waals surface area contributed by atoms with Gasteiger partial charge >= 0.3 is 0 Å². The summed E-state index contributed by atoms with van der Waals surface area (Å²) in [5.41, 5.74) is 0.991. The average molecular weight is 360 g/mol. The molecule has 0 atom stereocenters. The number of nitrogens with zero attached hydrogens (tertiary/aromatic N) is 4. The van der Waals surface area contributed by atoms with Crippen molar-refractivity contribution >= 4 is 11.6 Å². The number of aromatic nitrogens is 4. The number of rotatable bonds is 7. The number of carbonyl (C=O) groups excluding carboxylic acids is 1. The lowest BCUT2D eigenvalue weighted by molar-refractivity contribution is 0.0984. The SMILES string of the molecule is CCOc1nc2nc(CC)cn2cc1CC(=O)c1cccc(C(F)F)n1. The van der Waals surface area contributed by atoms with Gasteiger partial charge in [0.1, 0.15) is 11.4 Å². The molecule has 6 nitrogen and oxygen atoms in total. The predicted molar refractivity (Wildman–Crippen MR) is 90.8 cm³/mol. The first-order valence-corrected chi connectivity index (χ1v) is 8.30. The average Bonchev–Trinajstić information content (AvgIpc) is 3.04. The number of hydrogen-bond acceptors (Lipinski definition) is 5. The minimum atomic E-state index is -2.72. The van der Waals surface area contributed by atoms with Crippen LogP contribution in [-0.2, 0) is 12.8 Å². The lowest BCUT2D eigenvalue weighted by Gasteiger charge is -2.09. The summed E-state index contributed by atoms with van der Waals surface area (Å²) < 4.78 is 32.9. The van der Waals surface area contributed by atoms with E-state index in [-0.39, 0.29) is 17.9 Å². The van der Waals surface area contributed by atoms with Crippen LogP contribution >= 0.6 is 0 Å². The highest BCUT2D eigenvalue weighted by Crippen LogP contribution is 2.21. The predicted octanol–water partition coefficient (Wildman–Crippen LogP) is 3.45. The number of imidazole rings is 1. The second-order valence-corrected chi connectivity index (χ2v) is 5.65. The van der Waals surface area contributed by atoms with E-state index in [2.05, 4.69) is 15.0 Å². The van der Waals surface area contributed by atoms with Gasteiger partial charge in [0.25, 0.3) is 6.43 Å². The number of alkyl halides is 2. The molecule has 0 saturated carbocycles. The minimum absolute atomic E-state index is 0.00905. The Morgan fingerprint density at radius 2 is 2.00 bits per heavy atom. The Hall–Kier alpha value is -2.90. The van der Waals surface area contributed by atoms with Gasteiger partial charge in [-0.1, -0.05) is 13.0 Å². The Labute approximate surface area is 148 Å². The van der Waals surface area contributed by atoms with Crippen molar-refractivity contribution in [3.63, 3.8) is 0 Å². The van der Waals surface area contributed by atoms with Crippen LogP contribution in [-0.4, -0.2) is 31.7 Å². The number of Topliss-reactive ketones (excluding diaryl/α,β-unsaturated/α-hetero) is 1. The first-order chi connectivity index (χ1) is 12.5. The lowest BCUT2D eigenvalue weighted by Crippen LogP contribution is -2.11. The van der Waals surface area contributed by atoms with E-state index in [1.807, 2.05) is 20.0 Å². The Morgan fingerprint density at radius 1 is 1.19 bits per heavy atom. The molecule has 26 heavy (non-hydrogen) atoms. The summed E-state index contributed by atoms with van der Waals surface area (Å²) >= 11 is 0. The molecule has 0 N–H and O–H groups in total. The number of hydrogen-bond donors (Lipinski definition) is 0. The molecule has 0 fully saturated rings. The van der Waals surface area contributed by atoms with E-state index >= 15 is 0 Å². The second-order valence-electron chi connectivity index (χ2n) is 5.65. The number of ketones is 1. The Balaban J connectivity index is 1.94. The molecule has 0 saturated heterocycles. The van der Waals surface area contributed by atoms with Crippen LogP contribution in [0, 0.1) is 0 Å². The van der Waals surface area contributed by atoms with Crippen LogP contribution in [0.25, 0.3) is 5.78 Å². The standard InChI is InChI=1S/C18H18F2N4O2/c1-3-12-10-24-9-11(17(26-4-2)23-18(24)21-12)8-15(25)13-6-5-7-14(22-13)16(19)20/h5-7,9-10,16H,3-4,8H2,1-2H3. The molecular formula is C18H18F2N4O2. The molecule has 0 radical (unpaired) electrons. The molecule has 0 spiro atoms. The van der Waals surface area contributed by atoms with Crippen molar-refractivity contribution in [2.45, 2.75) is 33.1 Å². The first kappa shape index (κ1) is 17.9. The molecular weight excluding hydrogens is 342 g/mol. The normalized spacial score (nSPS) is 11.3. The van der Waals surface area contributed by atoms with Crippen LogP contribution in [0.5, 0.6) is 5.88 Å². The van der Waals surface area contributed by atoms with Crippen molar-refractivity contribution < 1.29 is 18.3 Å². The third-order valence-corrected chi connectivity index (χ3v) is 3.81. The Bertz CT molecular complexity index is 940. The van der Waals surface area contributed by atoms with E-state index in [0.717, 1.165) is 12.1 Å². The maximum atomic E-state index is 12.8. The van der Waals surface area contributed by atoms with Gasteiger partial charge in [-0.2, -0.15) is 4.98 Å². The zero-order valence-electron chi connectivity index (χ0n) is 14.4. The third-order valence-electron chi connectivity index (χ3n) is 3.81. The molecule has 3 aromatic heterocycles. The number of fused-ring (bicyclic) bond motifs is 1. The topological polar surface area (TPSA) is 69.4 Å². The zero-order valence-corrected chi connectivity index (χ0v) is 14.4. The summed E-state index contributed by atoms with van der Waals surface area (Å²) in [4.78, 5) is 25.0. The molecule has 3 rings (SSSR count). The van der Waals surface area contributed by atoms with Crippen molar-refractivity contribution in [2.24, 2.45) is 0 Å². The monoisotopic (exact) mass is 360 g/mol. The Kier molecular flexibility index (Phi) is 5.20. The van der Waals surface area contributed by atoms with Crippen LogP contribution in [0.2, 0.25) is 0 Å². The lowest BCUT2D eigenvalue weighted by atomic mass is 10.1. The fraction of sp³-hybridized carbons (Fsp3) is 0.333. The van der Waals surface area contributed by atoms with Gasteiger partial charge in [0.05, 0.1) is 12.3 Å². The smallest absolute Gasteiger partial charge is 0.280 e. The summed E-state index contributed by atoms with van der Waals surface area (Å²) in [5.74, 6) is 0.413. The summed E-state index contributed by atoms with van der Waals surface area (Å²) in [6.07, 6.45) is 1.54. The summed E-state index contributed by atoms with van der Waals surface area (Å²) in [7, 11) is 0. The van der Waals surface area contributed by atoms with Crippen LogP contribution < -0.4 is 4.74 Å². The third kappa shape index (κ3) is 3.68. The van der Waals surface area contributed by atoms with E-state index in [4.69, 9.17) is 4.74 Å². The van der Waals surface area contributed by atoms with Gasteiger partial charge in [0.2, 0.25) is 11.7 Å². The molecule has 3 aromatic rings. The van der Waals surface area contributed by atoms with Gasteiger partial charge < -0.3 is 4.74 Å². The highest BCUT2D eigenvalue weighted by molar-refractivity contribution is 5.96. The van der Waals surface area contributed by atoms with Crippen molar-refractivity contribution in [1.82, 2.24) is 19.4 Å². The number of carbonyl (C=O) groups is 1. The number of aryl methyl sites for hydroxylation is 1. The molecule has 8 heteroatoms. The minimum Gasteiger partial charge on any atom is -0.478 e. The van der Waals surface area contributed by atoms with Crippen molar-refractivity contribution in [1.29, 1.82) is 0 Å². The first-order valence-electron chi connectivity index (χ1n) is 8.30. The van der Waals surface area contributed by atoms with Gasteiger partial charge in [0, 0.05) is 24.4 Å². The van der Waals surface area contributed by atoms with E-state index in [0.29, 0.717) is 23.8 Å². The van der Waals surface area contributed by atoms with E-state index in [1.54, 1.807) is 10.6 Å². The molecule has 0 amide bonds. The summed E-state index contributed by atoms with van der Waals surface area (Å²) in [6, 6.07) is 4.02. The van der Waals surface area contributed by atoms with Crippen molar-refractivity contribution in [3.05, 3.63) is 53.2 Å². The number of pyridine rings is 1. The maximum absolute atomic E-state index is 12.8. The van der Waals surface area contributed by atoms with E-state index < -0.39 is 12.1 Å². The zero-order chi connectivity index (χ0) is 18.7. The highest BCUT2D eigenvalue weighted by atomic mass is 19.3. The number of halogens is 2. The fourth-order valence-corrected chi connectivity index (χ4v) is 2.54. The Morgan fingerprint density at radius 3 is 2.69 bits per heavy atom. The van der Waals surface area contributed by atoms with Crippen molar-refractivity contribution in [2.75, 3.05) is 6.61 Å². The van der Waals surface area contributed by atoms with E-state index in [9.17, 15) is 13.6 Å². The van der Waals surface area contributed by atoms with Crippen LogP contribution in [0.4, 0.5) is 8.78 Å². The van der Waals surface area contributed by atoms with Gasteiger partial charge in [-0.05, 0) is 25.5 Å². The molecule has 0 aliphatic carbocycles. The van der Waals surface area contributed by atoms with Gasteiger partial charge in [-0.25, -0.2) is 18.7 Å². The van der Waals surface area contributed by atoms with Crippen LogP contribution in [0.15, 0.2) is 30.6 Å². The van der Waals surface area contributed by atoms with Crippen LogP contribution in [0.1, 0.15) is 47.7 Å². The number of ether oxygens (including phenoxy) is 1. The quantitative estimate of drug-likeness (QED) is 0.604. The van der Waals surface area contributed by atoms with Crippen molar-refractivity contribution in [3.8, 4) is 5.88 Å². The second kappa shape index (κ2) is 7.55. The molecule has 0 bridgehead atoms. The molecule has 136 valence electrons.